The van der Waals surface area contributed by atoms with Crippen LogP contribution in [0.15, 0.2) is 53.7 Å². The number of rotatable bonds is 3. The molecule has 0 spiro atoms. The number of aromatic nitrogens is 2. The van der Waals surface area contributed by atoms with Crippen molar-refractivity contribution < 1.29 is 17.6 Å². The maximum atomic E-state index is 14.4. The maximum absolute atomic E-state index is 14.4. The normalized spacial score (nSPS) is 13.5. The van der Waals surface area contributed by atoms with Crippen LogP contribution in [0.1, 0.15) is 28.2 Å². The van der Waals surface area contributed by atoms with Gasteiger partial charge >= 0.3 is 6.18 Å². The highest BCUT2D eigenvalue weighted by Gasteiger charge is 2.37. The van der Waals surface area contributed by atoms with E-state index in [1.54, 1.807) is 6.07 Å². The predicted molar refractivity (Wildman–Crippen MR) is 97.1 cm³/mol. The van der Waals surface area contributed by atoms with E-state index < -0.39 is 17.6 Å². The molecule has 4 nitrogen and oxygen atoms in total. The Morgan fingerprint density at radius 1 is 1.04 bits per heavy atom. The molecule has 0 aliphatic carbocycles. The summed E-state index contributed by atoms with van der Waals surface area (Å²) in [5.41, 5.74) is 5.79. The van der Waals surface area contributed by atoms with Gasteiger partial charge in [0.15, 0.2) is 0 Å². The highest BCUT2D eigenvalue weighted by Crippen LogP contribution is 2.38. The van der Waals surface area contributed by atoms with Gasteiger partial charge in [-0.1, -0.05) is 24.3 Å². The van der Waals surface area contributed by atoms with Crippen LogP contribution in [0.3, 0.4) is 0 Å². The summed E-state index contributed by atoms with van der Waals surface area (Å²) in [5, 5.41) is 0. The van der Waals surface area contributed by atoms with Crippen molar-refractivity contribution in [1.29, 1.82) is 0 Å². The van der Waals surface area contributed by atoms with E-state index in [1.807, 2.05) is 0 Å². The van der Waals surface area contributed by atoms with Crippen LogP contribution in [-0.4, -0.2) is 21.8 Å². The fourth-order valence-corrected chi connectivity index (χ4v) is 3.46. The third-order valence-corrected chi connectivity index (χ3v) is 4.64. The fourth-order valence-electron chi connectivity index (χ4n) is 3.46. The highest BCUT2D eigenvalue weighted by molar-refractivity contribution is 6.15. The van der Waals surface area contributed by atoms with Crippen molar-refractivity contribution >= 4 is 5.71 Å². The lowest BCUT2D eigenvalue weighted by Crippen LogP contribution is -2.18. The zero-order valence-corrected chi connectivity index (χ0v) is 14.7. The quantitative estimate of drug-likeness (QED) is 0.693. The SMILES string of the molecule is NCCc1cnc2n1-c1c(cccc1C(F)(F)F)C(c1ccccc1F)=NC2. The van der Waals surface area contributed by atoms with Gasteiger partial charge in [0.1, 0.15) is 11.6 Å². The minimum Gasteiger partial charge on any atom is -0.330 e. The molecule has 144 valence electrons. The van der Waals surface area contributed by atoms with E-state index in [0.29, 0.717) is 17.9 Å². The molecule has 0 amide bonds. The number of hydrogen-bond donors (Lipinski definition) is 1. The van der Waals surface area contributed by atoms with E-state index in [-0.39, 0.29) is 35.6 Å². The van der Waals surface area contributed by atoms with Crippen molar-refractivity contribution in [2.45, 2.75) is 19.1 Å². The lowest BCUT2D eigenvalue weighted by atomic mass is 9.97. The summed E-state index contributed by atoms with van der Waals surface area (Å²) in [7, 11) is 0. The first-order valence-corrected chi connectivity index (χ1v) is 8.67. The first kappa shape index (κ1) is 18.4. The van der Waals surface area contributed by atoms with E-state index in [4.69, 9.17) is 5.73 Å². The molecular formula is C20H16F4N4. The molecule has 1 aromatic heterocycles. The van der Waals surface area contributed by atoms with Crippen LogP contribution in [0.2, 0.25) is 0 Å². The third-order valence-electron chi connectivity index (χ3n) is 4.64. The lowest BCUT2D eigenvalue weighted by Gasteiger charge is -2.20. The molecule has 2 aromatic carbocycles. The van der Waals surface area contributed by atoms with Gasteiger partial charge in [-0.15, -0.1) is 0 Å². The molecule has 0 radical (unpaired) electrons. The van der Waals surface area contributed by atoms with E-state index in [0.717, 1.165) is 6.07 Å². The minimum absolute atomic E-state index is 0.0280. The van der Waals surface area contributed by atoms with Gasteiger partial charge in [-0.3, -0.25) is 9.56 Å². The van der Waals surface area contributed by atoms with Crippen LogP contribution >= 0.6 is 0 Å². The van der Waals surface area contributed by atoms with E-state index in [9.17, 15) is 17.6 Å². The second-order valence-corrected chi connectivity index (χ2v) is 6.38. The Bertz CT molecular complexity index is 1070. The summed E-state index contributed by atoms with van der Waals surface area (Å²) in [6, 6.07) is 9.76. The van der Waals surface area contributed by atoms with Crippen LogP contribution in [0.25, 0.3) is 5.69 Å². The number of benzene rings is 2. The largest absolute Gasteiger partial charge is 0.418 e. The molecular weight excluding hydrogens is 372 g/mol. The van der Waals surface area contributed by atoms with Gasteiger partial charge in [-0.2, -0.15) is 13.2 Å². The average Bonchev–Trinajstić information content (AvgIpc) is 2.97. The van der Waals surface area contributed by atoms with Crippen molar-refractivity contribution in [2.75, 3.05) is 6.54 Å². The second kappa shape index (κ2) is 6.87. The molecule has 2 heterocycles. The van der Waals surface area contributed by atoms with E-state index >= 15 is 0 Å². The Labute approximate surface area is 158 Å². The Kier molecular flexibility index (Phi) is 4.50. The molecule has 8 heteroatoms. The molecule has 0 fully saturated rings. The van der Waals surface area contributed by atoms with E-state index in [1.165, 1.54) is 41.1 Å². The molecule has 2 N–H and O–H groups in total. The number of nitrogens with two attached hydrogens (primary N) is 1. The summed E-state index contributed by atoms with van der Waals surface area (Å²) in [6.07, 6.45) is -2.73. The lowest BCUT2D eigenvalue weighted by molar-refractivity contribution is -0.137. The van der Waals surface area contributed by atoms with Gasteiger partial charge in [0, 0.05) is 29.4 Å². The first-order chi connectivity index (χ1) is 13.4. The van der Waals surface area contributed by atoms with Crippen LogP contribution < -0.4 is 5.73 Å². The molecule has 0 bridgehead atoms. The third kappa shape index (κ3) is 2.99. The van der Waals surface area contributed by atoms with E-state index in [2.05, 4.69) is 9.98 Å². The van der Waals surface area contributed by atoms with Gasteiger partial charge in [-0.25, -0.2) is 9.37 Å². The number of fused-ring (bicyclic) bond motifs is 3. The standard InChI is InChI=1S/C20H16F4N4/c21-16-7-2-1-4-13(16)18-14-5-3-6-15(20(22,23)24)19(14)28-12(8-9-25)10-26-17(28)11-27-18/h1-7,10H,8-9,11,25H2. The number of imidazole rings is 1. The van der Waals surface area contributed by atoms with Crippen LogP contribution in [-0.2, 0) is 19.1 Å². The average molecular weight is 388 g/mol. The molecule has 0 unspecified atom stereocenters. The molecule has 1 aliphatic rings. The molecule has 28 heavy (non-hydrogen) atoms. The number of aliphatic imine (C=N–C) groups is 1. The molecule has 0 atom stereocenters. The number of para-hydroxylation sites is 1. The van der Waals surface area contributed by atoms with Gasteiger partial charge in [-0.05, 0) is 24.7 Å². The highest BCUT2D eigenvalue weighted by atomic mass is 19.4. The number of halogens is 4. The van der Waals surface area contributed by atoms with Crippen molar-refractivity contribution in [3.63, 3.8) is 0 Å². The summed E-state index contributed by atoms with van der Waals surface area (Å²) < 4.78 is 57.5. The first-order valence-electron chi connectivity index (χ1n) is 8.67. The summed E-state index contributed by atoms with van der Waals surface area (Å²) in [5.74, 6) is -0.195. The Balaban J connectivity index is 2.06. The van der Waals surface area contributed by atoms with Crippen molar-refractivity contribution in [3.8, 4) is 5.69 Å². The topological polar surface area (TPSA) is 56.2 Å². The fraction of sp³-hybridized carbons (Fsp3) is 0.200. The smallest absolute Gasteiger partial charge is 0.330 e. The van der Waals surface area contributed by atoms with Crippen LogP contribution in [0, 0.1) is 5.82 Å². The monoisotopic (exact) mass is 388 g/mol. The zero-order valence-electron chi connectivity index (χ0n) is 14.7. The summed E-state index contributed by atoms with van der Waals surface area (Å²) >= 11 is 0. The summed E-state index contributed by atoms with van der Waals surface area (Å²) in [6.45, 7) is 0.288. The predicted octanol–water partition coefficient (Wildman–Crippen LogP) is 3.88. The summed E-state index contributed by atoms with van der Waals surface area (Å²) in [4.78, 5) is 8.68. The maximum Gasteiger partial charge on any atom is 0.418 e. The Hall–Kier alpha value is -3.00. The van der Waals surface area contributed by atoms with Gasteiger partial charge in [0.05, 0.1) is 23.5 Å². The number of hydrogen-bond acceptors (Lipinski definition) is 3. The second-order valence-electron chi connectivity index (χ2n) is 6.38. The van der Waals surface area contributed by atoms with Gasteiger partial charge < -0.3 is 5.73 Å². The number of nitrogens with zero attached hydrogens (tertiary/aromatic N) is 3. The Morgan fingerprint density at radius 2 is 1.79 bits per heavy atom. The number of alkyl halides is 3. The van der Waals surface area contributed by atoms with Crippen LogP contribution in [0.4, 0.5) is 17.6 Å². The molecule has 0 saturated carbocycles. The zero-order chi connectivity index (χ0) is 19.9. The molecule has 4 rings (SSSR count). The van der Waals surface area contributed by atoms with Gasteiger partial charge in [0.25, 0.3) is 0 Å². The van der Waals surface area contributed by atoms with Crippen molar-refractivity contribution in [1.82, 2.24) is 9.55 Å². The van der Waals surface area contributed by atoms with Crippen molar-refractivity contribution in [3.05, 3.63) is 82.7 Å². The van der Waals surface area contributed by atoms with Gasteiger partial charge in [0.2, 0.25) is 0 Å². The minimum atomic E-state index is -4.60. The molecule has 0 saturated heterocycles. The van der Waals surface area contributed by atoms with Crippen LogP contribution in [0.5, 0.6) is 0 Å². The molecule has 1 aliphatic heterocycles. The Morgan fingerprint density at radius 3 is 2.50 bits per heavy atom. The van der Waals surface area contributed by atoms with Crippen molar-refractivity contribution in [2.24, 2.45) is 10.7 Å². The molecule has 3 aromatic rings.